The number of fused-ring (bicyclic) bond motifs is 1. The summed E-state index contributed by atoms with van der Waals surface area (Å²) in [5, 5.41) is 13.2. The quantitative estimate of drug-likeness (QED) is 0.854. The Balaban J connectivity index is 2.06. The molecule has 1 unspecified atom stereocenters. The molecule has 0 saturated carbocycles. The zero-order chi connectivity index (χ0) is 12.1. The van der Waals surface area contributed by atoms with E-state index in [9.17, 15) is 0 Å². The Kier molecular flexibility index (Phi) is 3.79. The normalized spacial score (nSPS) is 12.5. The molecule has 0 saturated heterocycles. The Hall–Kier alpha value is -1.79. The molecule has 0 aliphatic heterocycles. The third-order valence-electron chi connectivity index (χ3n) is 2.97. The van der Waals surface area contributed by atoms with Gasteiger partial charge in [-0.05, 0) is 12.5 Å². The summed E-state index contributed by atoms with van der Waals surface area (Å²) in [6, 6.07) is 10.5. The highest BCUT2D eigenvalue weighted by Gasteiger charge is 2.08. The van der Waals surface area contributed by atoms with Crippen LogP contribution < -0.4 is 5.32 Å². The third-order valence-corrected chi connectivity index (χ3v) is 2.97. The van der Waals surface area contributed by atoms with Crippen molar-refractivity contribution in [3.8, 4) is 6.07 Å². The molecule has 0 fully saturated rings. The molecule has 88 valence electrons. The predicted octanol–water partition coefficient (Wildman–Crippen LogP) is 3.21. The van der Waals surface area contributed by atoms with Crippen LogP contribution in [0.4, 0.5) is 0 Å². The van der Waals surface area contributed by atoms with Gasteiger partial charge in [0.1, 0.15) is 5.58 Å². The Morgan fingerprint density at radius 3 is 3.00 bits per heavy atom. The number of furan rings is 1. The average molecular weight is 228 g/mol. The standard InChI is InChI=1S/C14H16N2O/c1-2-12(7-8-15)16-9-11-10-17-14-6-4-3-5-13(11)14/h3-6,10,12,16H,2,7,9H2,1H3. The van der Waals surface area contributed by atoms with Gasteiger partial charge in [0, 0.05) is 23.5 Å². The zero-order valence-electron chi connectivity index (χ0n) is 9.94. The van der Waals surface area contributed by atoms with Crippen molar-refractivity contribution in [2.45, 2.75) is 32.4 Å². The van der Waals surface area contributed by atoms with Gasteiger partial charge in [-0.1, -0.05) is 25.1 Å². The molecule has 0 aliphatic rings. The maximum absolute atomic E-state index is 8.69. The lowest BCUT2D eigenvalue weighted by atomic mass is 10.1. The van der Waals surface area contributed by atoms with E-state index in [1.807, 2.05) is 18.2 Å². The van der Waals surface area contributed by atoms with E-state index < -0.39 is 0 Å². The van der Waals surface area contributed by atoms with Crippen molar-refractivity contribution in [1.82, 2.24) is 5.32 Å². The monoisotopic (exact) mass is 228 g/mol. The molecule has 2 aromatic rings. The molecule has 3 heteroatoms. The Morgan fingerprint density at radius 1 is 1.41 bits per heavy atom. The summed E-state index contributed by atoms with van der Waals surface area (Å²) in [5.41, 5.74) is 2.06. The van der Waals surface area contributed by atoms with Crippen molar-refractivity contribution in [3.63, 3.8) is 0 Å². The lowest BCUT2D eigenvalue weighted by Crippen LogP contribution is -2.27. The lowest BCUT2D eigenvalue weighted by molar-refractivity contribution is 0.502. The van der Waals surface area contributed by atoms with E-state index in [0.29, 0.717) is 6.42 Å². The first kappa shape index (κ1) is 11.7. The Labute approximate surface area is 101 Å². The van der Waals surface area contributed by atoms with E-state index in [-0.39, 0.29) is 6.04 Å². The van der Waals surface area contributed by atoms with Crippen molar-refractivity contribution in [1.29, 1.82) is 5.26 Å². The second-order valence-electron chi connectivity index (χ2n) is 4.11. The van der Waals surface area contributed by atoms with Crippen LogP contribution in [0.1, 0.15) is 25.3 Å². The first-order valence-electron chi connectivity index (χ1n) is 5.90. The molecular formula is C14H16N2O. The molecule has 17 heavy (non-hydrogen) atoms. The minimum absolute atomic E-state index is 0.258. The van der Waals surface area contributed by atoms with Crippen LogP contribution in [-0.2, 0) is 6.54 Å². The number of nitrogens with zero attached hydrogens (tertiary/aromatic N) is 1. The number of rotatable bonds is 5. The van der Waals surface area contributed by atoms with Gasteiger partial charge in [-0.15, -0.1) is 0 Å². The van der Waals surface area contributed by atoms with Gasteiger partial charge in [0.05, 0.1) is 18.8 Å². The molecule has 1 atom stereocenters. The Morgan fingerprint density at radius 2 is 2.24 bits per heavy atom. The van der Waals surface area contributed by atoms with E-state index in [1.165, 1.54) is 0 Å². The van der Waals surface area contributed by atoms with Crippen LogP contribution in [0, 0.1) is 11.3 Å². The number of benzene rings is 1. The van der Waals surface area contributed by atoms with E-state index in [1.54, 1.807) is 6.26 Å². The molecule has 1 heterocycles. The molecule has 0 radical (unpaired) electrons. The van der Waals surface area contributed by atoms with Gasteiger partial charge in [-0.3, -0.25) is 0 Å². The van der Waals surface area contributed by atoms with Gasteiger partial charge < -0.3 is 9.73 Å². The van der Waals surface area contributed by atoms with E-state index >= 15 is 0 Å². The highest BCUT2D eigenvalue weighted by atomic mass is 16.3. The van der Waals surface area contributed by atoms with E-state index in [0.717, 1.165) is 29.5 Å². The lowest BCUT2D eigenvalue weighted by Gasteiger charge is -2.12. The third kappa shape index (κ3) is 2.66. The van der Waals surface area contributed by atoms with Gasteiger partial charge in [-0.2, -0.15) is 5.26 Å². The molecule has 1 N–H and O–H groups in total. The summed E-state index contributed by atoms with van der Waals surface area (Å²) in [7, 11) is 0. The molecule has 0 aliphatic carbocycles. The number of para-hydroxylation sites is 1. The van der Waals surface area contributed by atoms with Crippen LogP contribution in [0.3, 0.4) is 0 Å². The van der Waals surface area contributed by atoms with Crippen molar-refractivity contribution in [2.75, 3.05) is 0 Å². The second-order valence-corrected chi connectivity index (χ2v) is 4.11. The highest BCUT2D eigenvalue weighted by Crippen LogP contribution is 2.20. The van der Waals surface area contributed by atoms with Gasteiger partial charge in [-0.25, -0.2) is 0 Å². The van der Waals surface area contributed by atoms with Crippen LogP contribution in [-0.4, -0.2) is 6.04 Å². The fourth-order valence-electron chi connectivity index (χ4n) is 1.90. The fraction of sp³-hybridized carbons (Fsp3) is 0.357. The highest BCUT2D eigenvalue weighted by molar-refractivity contribution is 5.80. The summed E-state index contributed by atoms with van der Waals surface area (Å²) in [6.45, 7) is 2.83. The summed E-state index contributed by atoms with van der Waals surface area (Å²) in [6.07, 6.45) is 3.30. The fourth-order valence-corrected chi connectivity index (χ4v) is 1.90. The smallest absolute Gasteiger partial charge is 0.134 e. The maximum Gasteiger partial charge on any atom is 0.134 e. The minimum Gasteiger partial charge on any atom is -0.464 e. The van der Waals surface area contributed by atoms with Crippen LogP contribution in [0.25, 0.3) is 11.0 Å². The van der Waals surface area contributed by atoms with E-state index in [4.69, 9.17) is 9.68 Å². The molecule has 1 aromatic carbocycles. The number of nitrogens with one attached hydrogen (secondary N) is 1. The van der Waals surface area contributed by atoms with E-state index in [2.05, 4.69) is 24.4 Å². The molecule has 1 aromatic heterocycles. The summed E-state index contributed by atoms with van der Waals surface area (Å²) >= 11 is 0. The predicted molar refractivity (Wildman–Crippen MR) is 67.4 cm³/mol. The largest absolute Gasteiger partial charge is 0.464 e. The molecule has 2 rings (SSSR count). The van der Waals surface area contributed by atoms with Gasteiger partial charge in [0.2, 0.25) is 0 Å². The van der Waals surface area contributed by atoms with Crippen LogP contribution in [0.5, 0.6) is 0 Å². The van der Waals surface area contributed by atoms with Crippen LogP contribution in [0.15, 0.2) is 34.9 Å². The van der Waals surface area contributed by atoms with Crippen molar-refractivity contribution in [3.05, 3.63) is 36.1 Å². The first-order valence-corrected chi connectivity index (χ1v) is 5.90. The number of nitriles is 1. The Bertz CT molecular complexity index is 524. The molecule has 3 nitrogen and oxygen atoms in total. The minimum atomic E-state index is 0.258. The number of hydrogen-bond donors (Lipinski definition) is 1. The zero-order valence-corrected chi connectivity index (χ0v) is 9.94. The van der Waals surface area contributed by atoms with Gasteiger partial charge in [0.15, 0.2) is 0 Å². The molecule has 0 amide bonds. The SMILES string of the molecule is CCC(CC#N)NCc1coc2ccccc12. The number of hydrogen-bond acceptors (Lipinski definition) is 3. The van der Waals surface area contributed by atoms with Gasteiger partial charge in [0.25, 0.3) is 0 Å². The maximum atomic E-state index is 8.69. The summed E-state index contributed by atoms with van der Waals surface area (Å²) < 4.78 is 5.47. The average Bonchev–Trinajstić information content (AvgIpc) is 2.78. The molecule has 0 spiro atoms. The summed E-state index contributed by atoms with van der Waals surface area (Å²) in [5.74, 6) is 0. The van der Waals surface area contributed by atoms with Gasteiger partial charge >= 0.3 is 0 Å². The molecule has 0 bridgehead atoms. The van der Waals surface area contributed by atoms with Crippen molar-refractivity contribution >= 4 is 11.0 Å². The van der Waals surface area contributed by atoms with Crippen molar-refractivity contribution in [2.24, 2.45) is 0 Å². The second kappa shape index (κ2) is 5.51. The van der Waals surface area contributed by atoms with Crippen molar-refractivity contribution < 1.29 is 4.42 Å². The summed E-state index contributed by atoms with van der Waals surface area (Å²) in [4.78, 5) is 0. The first-order chi connectivity index (χ1) is 8.35. The molecular weight excluding hydrogens is 212 g/mol. The topological polar surface area (TPSA) is 49.0 Å². The van der Waals surface area contributed by atoms with Crippen LogP contribution >= 0.6 is 0 Å². The van der Waals surface area contributed by atoms with Crippen LogP contribution in [0.2, 0.25) is 0 Å².